The largest absolute Gasteiger partial charge is 0.480 e. The van der Waals surface area contributed by atoms with Crippen molar-refractivity contribution < 1.29 is 14.7 Å². The number of benzene rings is 1. The van der Waals surface area contributed by atoms with E-state index in [4.69, 9.17) is 5.11 Å². The summed E-state index contributed by atoms with van der Waals surface area (Å²) in [6.45, 7) is 3.91. The second kappa shape index (κ2) is 6.03. The zero-order valence-electron chi connectivity index (χ0n) is 10.1. The maximum atomic E-state index is 11.9. The average molecular weight is 235 g/mol. The van der Waals surface area contributed by atoms with Crippen LogP contribution in [0, 0.1) is 6.92 Å². The fourth-order valence-electron chi connectivity index (χ4n) is 1.65. The first-order valence-corrected chi connectivity index (χ1v) is 5.58. The molecule has 0 radical (unpaired) electrons. The Morgan fingerprint density at radius 1 is 1.35 bits per heavy atom. The molecule has 0 aliphatic rings. The lowest BCUT2D eigenvalue weighted by Crippen LogP contribution is -2.36. The van der Waals surface area contributed by atoms with E-state index in [0.717, 1.165) is 11.1 Å². The van der Waals surface area contributed by atoms with Crippen LogP contribution in [-0.4, -0.2) is 35.0 Å². The molecule has 0 aliphatic carbocycles. The van der Waals surface area contributed by atoms with Gasteiger partial charge < -0.3 is 10.0 Å². The molecule has 0 bridgehead atoms. The van der Waals surface area contributed by atoms with Gasteiger partial charge in [-0.1, -0.05) is 29.8 Å². The predicted molar refractivity (Wildman–Crippen MR) is 64.8 cm³/mol. The molecule has 4 heteroatoms. The molecule has 4 nitrogen and oxygen atoms in total. The first-order chi connectivity index (χ1) is 8.02. The topological polar surface area (TPSA) is 57.6 Å². The molecule has 0 saturated carbocycles. The van der Waals surface area contributed by atoms with Crippen LogP contribution in [0.5, 0.6) is 0 Å². The summed E-state index contributed by atoms with van der Waals surface area (Å²) in [6, 6.07) is 7.67. The molecule has 0 fully saturated rings. The Balaban J connectivity index is 2.67. The SMILES string of the molecule is CCN(CC(=O)O)C(=O)Cc1cccc(C)c1. The number of carbonyl (C=O) groups excluding carboxylic acids is 1. The van der Waals surface area contributed by atoms with E-state index in [1.165, 1.54) is 4.90 Å². The number of carbonyl (C=O) groups is 2. The first-order valence-electron chi connectivity index (χ1n) is 5.58. The molecule has 0 aromatic heterocycles. The van der Waals surface area contributed by atoms with Gasteiger partial charge in [0, 0.05) is 6.54 Å². The second-order valence-corrected chi connectivity index (χ2v) is 3.97. The molecule has 1 N–H and O–H groups in total. The number of likely N-dealkylation sites (N-methyl/N-ethyl adjacent to an activating group) is 1. The minimum absolute atomic E-state index is 0.152. The summed E-state index contributed by atoms with van der Waals surface area (Å²) in [6.07, 6.45) is 0.253. The third kappa shape index (κ3) is 4.26. The number of aryl methyl sites for hydroxylation is 1. The Morgan fingerprint density at radius 3 is 2.59 bits per heavy atom. The van der Waals surface area contributed by atoms with Crippen LogP contribution < -0.4 is 0 Å². The predicted octanol–water partition coefficient (Wildman–Crippen LogP) is 1.47. The normalized spacial score (nSPS) is 10.0. The number of aliphatic carboxylic acids is 1. The summed E-state index contributed by atoms with van der Waals surface area (Å²) in [5.41, 5.74) is 2.01. The highest BCUT2D eigenvalue weighted by atomic mass is 16.4. The lowest BCUT2D eigenvalue weighted by molar-refractivity contribution is -0.144. The van der Waals surface area contributed by atoms with E-state index in [2.05, 4.69) is 0 Å². The summed E-state index contributed by atoms with van der Waals surface area (Å²) in [7, 11) is 0. The van der Waals surface area contributed by atoms with Gasteiger partial charge in [-0.05, 0) is 19.4 Å². The molecule has 0 atom stereocenters. The summed E-state index contributed by atoms with van der Waals surface area (Å²) < 4.78 is 0. The van der Waals surface area contributed by atoms with E-state index >= 15 is 0 Å². The molecule has 92 valence electrons. The van der Waals surface area contributed by atoms with Gasteiger partial charge in [-0.3, -0.25) is 9.59 Å². The van der Waals surface area contributed by atoms with Crippen molar-refractivity contribution in [3.05, 3.63) is 35.4 Å². The first kappa shape index (κ1) is 13.2. The molecule has 1 rings (SSSR count). The van der Waals surface area contributed by atoms with Gasteiger partial charge in [0.1, 0.15) is 6.54 Å². The average Bonchev–Trinajstić information content (AvgIpc) is 2.25. The van der Waals surface area contributed by atoms with Crippen LogP contribution in [0.15, 0.2) is 24.3 Å². The molecular formula is C13H17NO3. The number of hydrogen-bond acceptors (Lipinski definition) is 2. The zero-order valence-corrected chi connectivity index (χ0v) is 10.1. The Labute approximate surface area is 101 Å². The molecule has 0 heterocycles. The van der Waals surface area contributed by atoms with Gasteiger partial charge in [-0.25, -0.2) is 0 Å². The van der Waals surface area contributed by atoms with Crippen LogP contribution in [0.3, 0.4) is 0 Å². The summed E-state index contributed by atoms with van der Waals surface area (Å²) in [4.78, 5) is 23.8. The van der Waals surface area contributed by atoms with Gasteiger partial charge in [0.2, 0.25) is 5.91 Å². The zero-order chi connectivity index (χ0) is 12.8. The van der Waals surface area contributed by atoms with Gasteiger partial charge in [-0.2, -0.15) is 0 Å². The van der Waals surface area contributed by atoms with E-state index in [-0.39, 0.29) is 18.9 Å². The van der Waals surface area contributed by atoms with Crippen molar-refractivity contribution in [2.45, 2.75) is 20.3 Å². The molecule has 1 amide bonds. The number of amides is 1. The van der Waals surface area contributed by atoms with E-state index in [0.29, 0.717) is 6.54 Å². The van der Waals surface area contributed by atoms with E-state index in [1.54, 1.807) is 6.92 Å². The van der Waals surface area contributed by atoms with Crippen LogP contribution in [0.1, 0.15) is 18.1 Å². The highest BCUT2D eigenvalue weighted by molar-refractivity contribution is 5.83. The number of carboxylic acids is 1. The number of nitrogens with zero attached hydrogens (tertiary/aromatic N) is 1. The molecule has 0 aliphatic heterocycles. The smallest absolute Gasteiger partial charge is 0.323 e. The molecular weight excluding hydrogens is 218 g/mol. The molecule has 1 aromatic carbocycles. The van der Waals surface area contributed by atoms with Crippen molar-refractivity contribution in [2.75, 3.05) is 13.1 Å². The fourth-order valence-corrected chi connectivity index (χ4v) is 1.65. The maximum Gasteiger partial charge on any atom is 0.323 e. The minimum atomic E-state index is -0.982. The van der Waals surface area contributed by atoms with Crippen molar-refractivity contribution in [3.63, 3.8) is 0 Å². The minimum Gasteiger partial charge on any atom is -0.480 e. The standard InChI is InChI=1S/C13H17NO3/c1-3-14(9-13(16)17)12(15)8-11-6-4-5-10(2)7-11/h4-7H,3,8-9H2,1-2H3,(H,16,17). The molecule has 1 aromatic rings. The molecule has 0 saturated heterocycles. The van der Waals surface area contributed by atoms with Gasteiger partial charge in [0.05, 0.1) is 6.42 Å². The molecule has 17 heavy (non-hydrogen) atoms. The van der Waals surface area contributed by atoms with Crippen LogP contribution in [0.2, 0.25) is 0 Å². The third-order valence-electron chi connectivity index (χ3n) is 2.50. The molecule has 0 spiro atoms. The van der Waals surface area contributed by atoms with Crippen LogP contribution in [0.25, 0.3) is 0 Å². The highest BCUT2D eigenvalue weighted by Gasteiger charge is 2.14. The Kier molecular flexibility index (Phi) is 4.69. The number of hydrogen-bond donors (Lipinski definition) is 1. The number of carboxylic acid groups (broad SMARTS) is 1. The summed E-state index contributed by atoms with van der Waals surface area (Å²) in [5.74, 6) is -1.13. The van der Waals surface area contributed by atoms with Crippen molar-refractivity contribution in [2.24, 2.45) is 0 Å². The van der Waals surface area contributed by atoms with E-state index in [1.807, 2.05) is 31.2 Å². The second-order valence-electron chi connectivity index (χ2n) is 3.97. The fraction of sp³-hybridized carbons (Fsp3) is 0.385. The third-order valence-corrected chi connectivity index (χ3v) is 2.50. The quantitative estimate of drug-likeness (QED) is 0.840. The van der Waals surface area contributed by atoms with Gasteiger partial charge in [-0.15, -0.1) is 0 Å². The van der Waals surface area contributed by atoms with Crippen molar-refractivity contribution >= 4 is 11.9 Å². The summed E-state index contributed by atoms with van der Waals surface area (Å²) in [5, 5.41) is 8.68. The van der Waals surface area contributed by atoms with E-state index in [9.17, 15) is 9.59 Å². The molecule has 0 unspecified atom stereocenters. The Hall–Kier alpha value is -1.84. The van der Waals surface area contributed by atoms with Gasteiger partial charge in [0.25, 0.3) is 0 Å². The van der Waals surface area contributed by atoms with Crippen LogP contribution >= 0.6 is 0 Å². The Bertz CT molecular complexity index is 415. The van der Waals surface area contributed by atoms with E-state index < -0.39 is 5.97 Å². The monoisotopic (exact) mass is 235 g/mol. The van der Waals surface area contributed by atoms with Gasteiger partial charge in [0.15, 0.2) is 0 Å². The lowest BCUT2D eigenvalue weighted by Gasteiger charge is -2.18. The number of rotatable bonds is 5. The Morgan fingerprint density at radius 2 is 2.06 bits per heavy atom. The van der Waals surface area contributed by atoms with Crippen molar-refractivity contribution in [1.82, 2.24) is 4.90 Å². The van der Waals surface area contributed by atoms with Crippen LogP contribution in [-0.2, 0) is 16.0 Å². The summed E-state index contributed by atoms with van der Waals surface area (Å²) >= 11 is 0. The van der Waals surface area contributed by atoms with Crippen molar-refractivity contribution in [3.8, 4) is 0 Å². The highest BCUT2D eigenvalue weighted by Crippen LogP contribution is 2.06. The maximum absolute atomic E-state index is 11.9. The van der Waals surface area contributed by atoms with Gasteiger partial charge >= 0.3 is 5.97 Å². The lowest BCUT2D eigenvalue weighted by atomic mass is 10.1. The van der Waals surface area contributed by atoms with Crippen LogP contribution in [0.4, 0.5) is 0 Å². The van der Waals surface area contributed by atoms with Crippen molar-refractivity contribution in [1.29, 1.82) is 0 Å².